The van der Waals surface area contributed by atoms with Crippen molar-refractivity contribution in [2.75, 3.05) is 58.5 Å². The van der Waals surface area contributed by atoms with E-state index in [2.05, 4.69) is 43.4 Å². The number of esters is 1. The number of thioether (sulfide) groups is 1. The van der Waals surface area contributed by atoms with E-state index in [1.165, 1.54) is 0 Å². The molecule has 2 aliphatic rings. The number of unbranched alkanes of at least 4 members (excludes halogenated alkanes) is 1. The van der Waals surface area contributed by atoms with Crippen LogP contribution in [0.25, 0.3) is 0 Å². The molecular weight excluding hydrogens is 823 g/mol. The van der Waals surface area contributed by atoms with E-state index in [9.17, 15) is 24.0 Å². The van der Waals surface area contributed by atoms with Gasteiger partial charge in [0.15, 0.2) is 5.78 Å². The van der Waals surface area contributed by atoms with Crippen molar-refractivity contribution in [3.8, 4) is 11.8 Å². The third-order valence-electron chi connectivity index (χ3n) is 8.95. The molecule has 19 heteroatoms. The highest BCUT2D eigenvalue weighted by Crippen LogP contribution is 2.33. The molecule has 2 saturated heterocycles. The number of ketones is 1. The minimum atomic E-state index is -0.755. The standard InChI is InChI=1S/C43H67N7O11S/c1-30(26-33(46-41(55)61-43(6,7)8)31(2)35(51)15-16-38(53)60-42(3,4)5)12-11-19-59-28-32-27-50(49-48-32)18-21-57-23-25-58-24-22-56-20-17-44-37(52)14-10-9-13-36-39-34(29-62-36)45-40(54)47-39/h26-27,34,36,39H,9-10,13-25,28-29H2,1-8H3,(H,44,52)(H,46,55)(H2,45,47,54)/b30-26+,33-31-/t34?,36-,39-/m0/s1. The Morgan fingerprint density at radius 3 is 2.31 bits per heavy atom. The first kappa shape index (κ1) is 51.9. The zero-order valence-electron chi connectivity index (χ0n) is 37.6. The Kier molecular flexibility index (Phi) is 22.5. The number of allylic oxidation sites excluding steroid dienone is 3. The first-order valence-electron chi connectivity index (χ1n) is 21.2. The number of nitrogens with zero attached hydrogens (tertiary/aromatic N) is 3. The zero-order chi connectivity index (χ0) is 45.5. The molecule has 4 N–H and O–H groups in total. The average molecular weight is 890 g/mol. The van der Waals surface area contributed by atoms with E-state index in [0.717, 1.165) is 25.0 Å². The fraction of sp³-hybridized carbons (Fsp3) is 0.698. The number of urea groups is 1. The van der Waals surface area contributed by atoms with Crippen molar-refractivity contribution in [2.45, 2.75) is 136 Å². The number of aromatic nitrogens is 3. The molecule has 346 valence electrons. The molecule has 2 fully saturated rings. The molecule has 18 nitrogen and oxygen atoms in total. The Morgan fingerprint density at radius 1 is 0.903 bits per heavy atom. The molecule has 1 aromatic rings. The summed E-state index contributed by atoms with van der Waals surface area (Å²) in [6.07, 6.45) is 5.67. The van der Waals surface area contributed by atoms with E-state index in [4.69, 9.17) is 28.4 Å². The molecule has 0 radical (unpaired) electrons. The number of rotatable bonds is 26. The molecule has 3 rings (SSSR count). The summed E-state index contributed by atoms with van der Waals surface area (Å²) in [4.78, 5) is 61.4. The van der Waals surface area contributed by atoms with Gasteiger partial charge >= 0.3 is 18.1 Å². The van der Waals surface area contributed by atoms with Gasteiger partial charge in [0.05, 0.1) is 83.2 Å². The van der Waals surface area contributed by atoms with E-state index in [0.29, 0.717) is 75.7 Å². The van der Waals surface area contributed by atoms with Crippen molar-refractivity contribution >= 4 is 41.5 Å². The normalized spacial score (nSPS) is 17.8. The fourth-order valence-corrected chi connectivity index (χ4v) is 7.61. The molecule has 0 aliphatic carbocycles. The lowest BCUT2D eigenvalue weighted by atomic mass is 10.0. The Bertz CT molecular complexity index is 1760. The summed E-state index contributed by atoms with van der Waals surface area (Å²) in [6, 6.07) is 0.356. The van der Waals surface area contributed by atoms with Gasteiger partial charge in [-0.05, 0) is 74.3 Å². The van der Waals surface area contributed by atoms with Gasteiger partial charge in [0.25, 0.3) is 0 Å². The predicted molar refractivity (Wildman–Crippen MR) is 233 cm³/mol. The first-order chi connectivity index (χ1) is 29.4. The van der Waals surface area contributed by atoms with Crippen molar-refractivity contribution in [1.82, 2.24) is 36.3 Å². The van der Waals surface area contributed by atoms with Gasteiger partial charge in [-0.25, -0.2) is 14.3 Å². The maximum atomic E-state index is 13.0. The molecule has 3 heterocycles. The maximum absolute atomic E-state index is 13.0. The number of carbonyl (C=O) groups excluding carboxylic acids is 5. The van der Waals surface area contributed by atoms with Crippen molar-refractivity contribution < 1.29 is 52.4 Å². The molecule has 4 amide bonds. The van der Waals surface area contributed by atoms with Gasteiger partial charge < -0.3 is 44.4 Å². The Hall–Kier alpha value is -4.48. The van der Waals surface area contributed by atoms with Gasteiger partial charge in [0.1, 0.15) is 23.5 Å². The van der Waals surface area contributed by atoms with Gasteiger partial charge in [-0.3, -0.25) is 19.7 Å². The lowest BCUT2D eigenvalue weighted by Crippen LogP contribution is -2.36. The average Bonchev–Trinajstić information content (AvgIpc) is 3.90. The highest BCUT2D eigenvalue weighted by molar-refractivity contribution is 8.00. The largest absolute Gasteiger partial charge is 0.460 e. The summed E-state index contributed by atoms with van der Waals surface area (Å²) in [6.45, 7) is 17.5. The van der Waals surface area contributed by atoms with Crippen molar-refractivity contribution in [3.63, 3.8) is 0 Å². The highest BCUT2D eigenvalue weighted by atomic mass is 32.2. The van der Waals surface area contributed by atoms with Crippen LogP contribution >= 0.6 is 11.8 Å². The number of ether oxygens (including phenoxy) is 6. The van der Waals surface area contributed by atoms with Crippen LogP contribution in [0.1, 0.15) is 99.6 Å². The second-order valence-corrected chi connectivity index (χ2v) is 18.1. The smallest absolute Gasteiger partial charge is 0.412 e. The number of nitrogens with one attached hydrogen (secondary N) is 4. The number of hydrogen-bond donors (Lipinski definition) is 4. The third-order valence-corrected chi connectivity index (χ3v) is 10.5. The van der Waals surface area contributed by atoms with Crippen LogP contribution in [0.4, 0.5) is 9.59 Å². The quantitative estimate of drug-likeness (QED) is 0.0257. The van der Waals surface area contributed by atoms with E-state index < -0.39 is 23.3 Å². The molecule has 0 spiro atoms. The molecule has 2 aliphatic heterocycles. The Balaban J connectivity index is 1.23. The SMILES string of the molecule is C/C(C(=O)CCC(=O)OC(C)(C)C)=C(\C=C(/C)C#CCOCc1cn(CCOCCOCCOCCNC(=O)CCCC[C@@H]2SCC3NC(=O)N[C@@H]32)nn1)NC(=O)OC(C)(C)C. The lowest BCUT2D eigenvalue weighted by Gasteiger charge is -2.21. The summed E-state index contributed by atoms with van der Waals surface area (Å²) in [5, 5.41) is 20.1. The molecule has 62 heavy (non-hydrogen) atoms. The van der Waals surface area contributed by atoms with Crippen molar-refractivity contribution in [3.05, 3.63) is 34.8 Å². The van der Waals surface area contributed by atoms with Crippen LogP contribution < -0.4 is 21.3 Å². The number of amides is 4. The molecule has 1 aromatic heterocycles. The number of hydrogen-bond acceptors (Lipinski definition) is 14. The fourth-order valence-electron chi connectivity index (χ4n) is 6.07. The molecule has 0 saturated carbocycles. The topological polar surface area (TPSA) is 220 Å². The zero-order valence-corrected chi connectivity index (χ0v) is 38.5. The van der Waals surface area contributed by atoms with Crippen LogP contribution in [0, 0.1) is 11.8 Å². The second kappa shape index (κ2) is 26.9. The van der Waals surface area contributed by atoms with E-state index in [-0.39, 0.29) is 67.1 Å². The minimum Gasteiger partial charge on any atom is -0.460 e. The monoisotopic (exact) mass is 889 g/mol. The van der Waals surface area contributed by atoms with E-state index in [1.54, 1.807) is 72.3 Å². The molecule has 0 bridgehead atoms. The van der Waals surface area contributed by atoms with Crippen LogP contribution in [-0.2, 0) is 56.0 Å². The van der Waals surface area contributed by atoms with E-state index in [1.807, 2.05) is 11.8 Å². The molecule has 1 unspecified atom stereocenters. The molecule has 0 aromatic carbocycles. The van der Waals surface area contributed by atoms with Gasteiger partial charge in [-0.15, -0.1) is 5.10 Å². The third kappa shape index (κ3) is 22.0. The van der Waals surface area contributed by atoms with Gasteiger partial charge in [-0.1, -0.05) is 23.5 Å². The number of carbonyl (C=O) groups is 5. The van der Waals surface area contributed by atoms with Crippen LogP contribution in [0.5, 0.6) is 0 Å². The van der Waals surface area contributed by atoms with Crippen LogP contribution in [0.15, 0.2) is 29.1 Å². The number of fused-ring (bicyclic) bond motifs is 1. The van der Waals surface area contributed by atoms with Crippen LogP contribution in [-0.4, -0.2) is 132 Å². The Labute approximate surface area is 370 Å². The predicted octanol–water partition coefficient (Wildman–Crippen LogP) is 4.13. The van der Waals surface area contributed by atoms with Crippen LogP contribution in [0.3, 0.4) is 0 Å². The highest BCUT2D eigenvalue weighted by Gasteiger charge is 2.42. The second-order valence-electron chi connectivity index (χ2n) is 16.8. The molecule has 3 atom stereocenters. The summed E-state index contributed by atoms with van der Waals surface area (Å²) in [5.41, 5.74) is 0.219. The van der Waals surface area contributed by atoms with Gasteiger partial charge in [0, 0.05) is 41.5 Å². The number of alkyl carbamates (subject to hydrolysis) is 1. The minimum absolute atomic E-state index is 0.0199. The summed E-state index contributed by atoms with van der Waals surface area (Å²) >= 11 is 1.89. The van der Waals surface area contributed by atoms with Crippen molar-refractivity contribution in [2.24, 2.45) is 0 Å². The summed E-state index contributed by atoms with van der Waals surface area (Å²) in [5.74, 6) is 6.02. The maximum Gasteiger partial charge on any atom is 0.412 e. The van der Waals surface area contributed by atoms with Crippen molar-refractivity contribution in [1.29, 1.82) is 0 Å². The number of Topliss-reactive ketones (excluding diaryl/α,β-unsaturated/α-hetero) is 1. The summed E-state index contributed by atoms with van der Waals surface area (Å²) in [7, 11) is 0. The summed E-state index contributed by atoms with van der Waals surface area (Å²) < 4.78 is 34.7. The lowest BCUT2D eigenvalue weighted by molar-refractivity contribution is -0.155. The first-order valence-corrected chi connectivity index (χ1v) is 22.2. The Morgan fingerprint density at radius 2 is 1.60 bits per heavy atom. The van der Waals surface area contributed by atoms with Gasteiger partial charge in [-0.2, -0.15) is 11.8 Å². The van der Waals surface area contributed by atoms with Gasteiger partial charge in [0.2, 0.25) is 5.91 Å². The van der Waals surface area contributed by atoms with E-state index >= 15 is 0 Å². The molecular formula is C43H67N7O11S. The van der Waals surface area contributed by atoms with Crippen LogP contribution in [0.2, 0.25) is 0 Å².